The first-order valence-electron chi connectivity index (χ1n) is 9.56. The number of benzene rings is 1. The molecule has 4 aromatic rings. The van der Waals surface area contributed by atoms with Crippen LogP contribution in [-0.2, 0) is 24.3 Å². The van der Waals surface area contributed by atoms with Gasteiger partial charge in [0.2, 0.25) is 5.91 Å². The highest BCUT2D eigenvalue weighted by Gasteiger charge is 2.17. The van der Waals surface area contributed by atoms with E-state index in [9.17, 15) is 14.4 Å². The van der Waals surface area contributed by atoms with Crippen molar-refractivity contribution in [1.82, 2.24) is 14.1 Å². The summed E-state index contributed by atoms with van der Waals surface area (Å²) < 4.78 is 2.43. The van der Waals surface area contributed by atoms with E-state index in [1.54, 1.807) is 18.2 Å². The Morgan fingerprint density at radius 3 is 2.73 bits per heavy atom. The Morgan fingerprint density at radius 1 is 1.10 bits per heavy atom. The molecule has 0 unspecified atom stereocenters. The zero-order valence-corrected chi connectivity index (χ0v) is 17.2. The lowest BCUT2D eigenvalue weighted by atomic mass is 10.1. The number of aromatic nitrogens is 3. The largest absolute Gasteiger partial charge is 0.332 e. The molecule has 0 saturated heterocycles. The summed E-state index contributed by atoms with van der Waals surface area (Å²) >= 11 is 1.46. The predicted octanol–water partition coefficient (Wildman–Crippen LogP) is 2.87. The van der Waals surface area contributed by atoms with Gasteiger partial charge in [-0.25, -0.2) is 9.78 Å². The third-order valence-corrected chi connectivity index (χ3v) is 5.66. The van der Waals surface area contributed by atoms with Gasteiger partial charge >= 0.3 is 5.69 Å². The summed E-state index contributed by atoms with van der Waals surface area (Å²) in [5, 5.41) is 4.72. The van der Waals surface area contributed by atoms with E-state index in [1.165, 1.54) is 22.1 Å². The molecular formula is C22H20N4O3S. The van der Waals surface area contributed by atoms with Crippen molar-refractivity contribution in [1.29, 1.82) is 0 Å². The van der Waals surface area contributed by atoms with Gasteiger partial charge in [0.15, 0.2) is 5.52 Å². The van der Waals surface area contributed by atoms with Crippen molar-refractivity contribution >= 4 is 34.0 Å². The van der Waals surface area contributed by atoms with Gasteiger partial charge in [-0.1, -0.05) is 25.1 Å². The summed E-state index contributed by atoms with van der Waals surface area (Å²) in [6.07, 6.45) is 2.36. The summed E-state index contributed by atoms with van der Waals surface area (Å²) in [5.41, 5.74) is 1.27. The molecule has 0 radical (unpaired) electrons. The van der Waals surface area contributed by atoms with Crippen LogP contribution in [0.15, 0.2) is 69.7 Å². The Labute approximate surface area is 176 Å². The Balaban J connectivity index is 1.73. The van der Waals surface area contributed by atoms with Gasteiger partial charge in [-0.3, -0.25) is 18.7 Å². The van der Waals surface area contributed by atoms with E-state index in [0.29, 0.717) is 11.2 Å². The molecule has 3 aromatic heterocycles. The lowest BCUT2D eigenvalue weighted by Gasteiger charge is -2.13. The number of hydrogen-bond acceptors (Lipinski definition) is 5. The lowest BCUT2D eigenvalue weighted by molar-refractivity contribution is -0.116. The molecule has 0 aliphatic carbocycles. The van der Waals surface area contributed by atoms with E-state index in [1.807, 2.05) is 42.6 Å². The minimum atomic E-state index is -0.536. The van der Waals surface area contributed by atoms with Gasteiger partial charge in [0.25, 0.3) is 5.56 Å². The summed E-state index contributed by atoms with van der Waals surface area (Å²) in [6.45, 7) is 1.96. The van der Waals surface area contributed by atoms with Crippen molar-refractivity contribution < 1.29 is 4.79 Å². The van der Waals surface area contributed by atoms with Crippen LogP contribution >= 0.6 is 11.3 Å². The number of nitrogens with zero attached hydrogens (tertiary/aromatic N) is 3. The summed E-state index contributed by atoms with van der Waals surface area (Å²) in [5.74, 6) is -0.350. The van der Waals surface area contributed by atoms with E-state index in [4.69, 9.17) is 0 Å². The van der Waals surface area contributed by atoms with Crippen LogP contribution in [0.4, 0.5) is 5.69 Å². The number of pyridine rings is 1. The van der Waals surface area contributed by atoms with Crippen LogP contribution in [0.3, 0.4) is 0 Å². The number of carbonyl (C=O) groups excluding carboxylic acids is 1. The van der Waals surface area contributed by atoms with Gasteiger partial charge < -0.3 is 5.32 Å². The zero-order valence-electron chi connectivity index (χ0n) is 16.4. The van der Waals surface area contributed by atoms with Gasteiger partial charge in [0, 0.05) is 16.8 Å². The third kappa shape index (κ3) is 3.95. The fourth-order valence-electron chi connectivity index (χ4n) is 3.31. The van der Waals surface area contributed by atoms with Crippen molar-refractivity contribution in [3.8, 4) is 0 Å². The topological polar surface area (TPSA) is 86.0 Å². The second kappa shape index (κ2) is 8.46. The van der Waals surface area contributed by atoms with E-state index in [2.05, 4.69) is 10.3 Å². The number of carbonyl (C=O) groups is 1. The monoisotopic (exact) mass is 420 g/mol. The maximum absolute atomic E-state index is 13.1. The molecule has 0 aliphatic heterocycles. The number of fused-ring (bicyclic) bond motifs is 1. The van der Waals surface area contributed by atoms with Crippen molar-refractivity contribution in [3.05, 3.63) is 91.4 Å². The maximum Gasteiger partial charge on any atom is 0.332 e. The number of hydrogen-bond donors (Lipinski definition) is 1. The standard InChI is InChI=1S/C22H20N4O3S/c1-2-15-6-3-7-16(12-15)24-19(27)14-25-18-9-4-10-23-20(18)21(28)26(22(25)29)13-17-8-5-11-30-17/h3-12H,2,13-14H2,1H3,(H,24,27). The second-order valence-electron chi connectivity index (χ2n) is 6.81. The van der Waals surface area contributed by atoms with E-state index < -0.39 is 11.2 Å². The number of rotatable bonds is 6. The molecular weight excluding hydrogens is 400 g/mol. The Hall–Kier alpha value is -3.52. The van der Waals surface area contributed by atoms with Gasteiger partial charge in [-0.2, -0.15) is 0 Å². The SMILES string of the molecule is CCc1cccc(NC(=O)Cn2c(=O)n(Cc3cccs3)c(=O)c3ncccc32)c1. The highest BCUT2D eigenvalue weighted by molar-refractivity contribution is 7.09. The highest BCUT2D eigenvalue weighted by Crippen LogP contribution is 2.13. The van der Waals surface area contributed by atoms with Crippen molar-refractivity contribution in [3.63, 3.8) is 0 Å². The molecule has 0 atom stereocenters. The molecule has 1 amide bonds. The first-order chi connectivity index (χ1) is 14.6. The smallest absolute Gasteiger partial charge is 0.325 e. The van der Waals surface area contributed by atoms with Crippen molar-refractivity contribution in [2.75, 3.05) is 5.32 Å². The van der Waals surface area contributed by atoms with E-state index >= 15 is 0 Å². The normalized spacial score (nSPS) is 11.0. The van der Waals surface area contributed by atoms with E-state index in [0.717, 1.165) is 21.4 Å². The van der Waals surface area contributed by atoms with Crippen molar-refractivity contribution in [2.45, 2.75) is 26.4 Å². The summed E-state index contributed by atoms with van der Waals surface area (Å²) in [7, 11) is 0. The first-order valence-corrected chi connectivity index (χ1v) is 10.4. The molecule has 1 aromatic carbocycles. The fraction of sp³-hybridized carbons (Fsp3) is 0.182. The van der Waals surface area contributed by atoms with Crippen LogP contribution in [-0.4, -0.2) is 20.0 Å². The van der Waals surface area contributed by atoms with Crippen LogP contribution in [0.1, 0.15) is 17.4 Å². The Morgan fingerprint density at radius 2 is 1.97 bits per heavy atom. The average Bonchev–Trinajstić information content (AvgIpc) is 3.27. The lowest BCUT2D eigenvalue weighted by Crippen LogP contribution is -2.42. The molecule has 3 heterocycles. The minimum absolute atomic E-state index is 0.141. The maximum atomic E-state index is 13.1. The number of anilines is 1. The number of aryl methyl sites for hydroxylation is 1. The van der Waals surface area contributed by atoms with Gasteiger partial charge in [0.1, 0.15) is 6.54 Å². The van der Waals surface area contributed by atoms with Gasteiger partial charge in [-0.05, 0) is 47.7 Å². The molecule has 4 rings (SSSR count). The highest BCUT2D eigenvalue weighted by atomic mass is 32.1. The molecule has 0 saturated carbocycles. The number of nitrogens with one attached hydrogen (secondary N) is 1. The molecule has 8 heteroatoms. The molecule has 0 fully saturated rings. The summed E-state index contributed by atoms with van der Waals surface area (Å²) in [4.78, 5) is 43.8. The van der Waals surface area contributed by atoms with Crippen LogP contribution in [0.5, 0.6) is 0 Å². The zero-order chi connectivity index (χ0) is 21.1. The van der Waals surface area contributed by atoms with Gasteiger partial charge in [0.05, 0.1) is 12.1 Å². The molecule has 0 spiro atoms. The molecule has 0 aliphatic rings. The second-order valence-corrected chi connectivity index (χ2v) is 7.84. The summed E-state index contributed by atoms with van der Waals surface area (Å²) in [6, 6.07) is 14.6. The minimum Gasteiger partial charge on any atom is -0.325 e. The average molecular weight is 420 g/mol. The first kappa shape index (κ1) is 19.8. The Bertz CT molecular complexity index is 1320. The van der Waals surface area contributed by atoms with Crippen molar-refractivity contribution in [2.24, 2.45) is 0 Å². The van der Waals surface area contributed by atoms with Gasteiger partial charge in [-0.15, -0.1) is 11.3 Å². The third-order valence-electron chi connectivity index (χ3n) is 4.80. The van der Waals surface area contributed by atoms with Crippen LogP contribution in [0, 0.1) is 0 Å². The molecule has 7 nitrogen and oxygen atoms in total. The van der Waals surface area contributed by atoms with E-state index in [-0.39, 0.29) is 24.5 Å². The van der Waals surface area contributed by atoms with Crippen LogP contribution in [0.25, 0.3) is 11.0 Å². The van der Waals surface area contributed by atoms with Crippen LogP contribution in [0.2, 0.25) is 0 Å². The fourth-order valence-corrected chi connectivity index (χ4v) is 4.00. The predicted molar refractivity (Wildman–Crippen MR) is 118 cm³/mol. The Kier molecular flexibility index (Phi) is 5.58. The van der Waals surface area contributed by atoms with Crippen LogP contribution < -0.4 is 16.6 Å². The molecule has 152 valence electrons. The number of thiophene rings is 1. The molecule has 30 heavy (non-hydrogen) atoms. The molecule has 1 N–H and O–H groups in total. The molecule has 0 bridgehead atoms. The quantitative estimate of drug-likeness (QED) is 0.520. The number of amides is 1.